The first-order valence-electron chi connectivity index (χ1n) is 11.2. The molecule has 0 radical (unpaired) electrons. The molecule has 0 bridgehead atoms. The normalized spacial score (nSPS) is 26.1. The van der Waals surface area contributed by atoms with Gasteiger partial charge in [0.2, 0.25) is 0 Å². The highest BCUT2D eigenvalue weighted by atomic mass is 14.9. The van der Waals surface area contributed by atoms with Crippen molar-refractivity contribution in [3.8, 4) is 0 Å². The predicted molar refractivity (Wildman–Crippen MR) is 103 cm³/mol. The molecule has 0 amide bonds. The molecule has 0 aromatic rings. The molecule has 0 aromatic heterocycles. The number of hydrogen-bond acceptors (Lipinski definition) is 1. The van der Waals surface area contributed by atoms with Crippen molar-refractivity contribution in [3.63, 3.8) is 0 Å². The SMILES string of the molecule is C1CCCCCC(NC2CCCCCCCCC2)CCCCC1. The van der Waals surface area contributed by atoms with E-state index in [-0.39, 0.29) is 0 Å². The second kappa shape index (κ2) is 13.3. The zero-order valence-electron chi connectivity index (χ0n) is 15.8. The van der Waals surface area contributed by atoms with Crippen molar-refractivity contribution < 1.29 is 0 Å². The van der Waals surface area contributed by atoms with Crippen molar-refractivity contribution in [2.75, 3.05) is 0 Å². The molecule has 2 fully saturated rings. The summed E-state index contributed by atoms with van der Waals surface area (Å²) in [6.45, 7) is 0. The summed E-state index contributed by atoms with van der Waals surface area (Å²) in [5.74, 6) is 0. The summed E-state index contributed by atoms with van der Waals surface area (Å²) in [6, 6.07) is 1.65. The van der Waals surface area contributed by atoms with Crippen LogP contribution in [0.1, 0.15) is 128 Å². The minimum absolute atomic E-state index is 0.822. The third kappa shape index (κ3) is 9.75. The molecule has 0 atom stereocenters. The average molecular weight is 322 g/mol. The largest absolute Gasteiger partial charge is 0.311 e. The van der Waals surface area contributed by atoms with Gasteiger partial charge < -0.3 is 5.32 Å². The Bertz CT molecular complexity index is 241. The maximum absolute atomic E-state index is 4.13. The Balaban J connectivity index is 1.74. The van der Waals surface area contributed by atoms with Crippen LogP contribution in [-0.4, -0.2) is 12.1 Å². The maximum Gasteiger partial charge on any atom is 0.00696 e. The van der Waals surface area contributed by atoms with Crippen molar-refractivity contribution in [2.24, 2.45) is 0 Å². The van der Waals surface area contributed by atoms with Crippen LogP contribution in [0.5, 0.6) is 0 Å². The second-order valence-electron chi connectivity index (χ2n) is 8.37. The van der Waals surface area contributed by atoms with Crippen LogP contribution in [0.25, 0.3) is 0 Å². The molecular formula is C22H43N. The van der Waals surface area contributed by atoms with Crippen LogP contribution in [0.2, 0.25) is 0 Å². The number of nitrogens with one attached hydrogen (secondary N) is 1. The molecule has 2 aliphatic rings. The van der Waals surface area contributed by atoms with Crippen molar-refractivity contribution in [2.45, 2.75) is 141 Å². The molecule has 1 heteroatoms. The highest BCUT2D eigenvalue weighted by molar-refractivity contribution is 4.76. The van der Waals surface area contributed by atoms with E-state index in [0.29, 0.717) is 0 Å². The van der Waals surface area contributed by atoms with E-state index in [2.05, 4.69) is 5.32 Å². The van der Waals surface area contributed by atoms with Gasteiger partial charge in [-0.05, 0) is 25.7 Å². The summed E-state index contributed by atoms with van der Waals surface area (Å²) in [4.78, 5) is 0. The summed E-state index contributed by atoms with van der Waals surface area (Å²) in [6.07, 6.45) is 29.4. The van der Waals surface area contributed by atoms with Crippen LogP contribution in [-0.2, 0) is 0 Å². The van der Waals surface area contributed by atoms with E-state index in [9.17, 15) is 0 Å². The summed E-state index contributed by atoms with van der Waals surface area (Å²) < 4.78 is 0. The van der Waals surface area contributed by atoms with Gasteiger partial charge in [0.15, 0.2) is 0 Å². The summed E-state index contributed by atoms with van der Waals surface area (Å²) >= 11 is 0. The van der Waals surface area contributed by atoms with Gasteiger partial charge in [-0.2, -0.15) is 0 Å². The molecule has 0 aliphatic heterocycles. The van der Waals surface area contributed by atoms with Crippen molar-refractivity contribution in [1.29, 1.82) is 0 Å². The Kier molecular flexibility index (Phi) is 11.1. The van der Waals surface area contributed by atoms with E-state index in [1.54, 1.807) is 0 Å². The Hall–Kier alpha value is -0.0400. The second-order valence-corrected chi connectivity index (χ2v) is 8.37. The molecule has 2 aliphatic carbocycles. The first kappa shape index (κ1) is 19.3. The molecule has 0 unspecified atom stereocenters. The van der Waals surface area contributed by atoms with Gasteiger partial charge in [-0.15, -0.1) is 0 Å². The van der Waals surface area contributed by atoms with E-state index in [0.717, 1.165) is 12.1 Å². The monoisotopic (exact) mass is 321 g/mol. The third-order valence-corrected chi connectivity index (χ3v) is 6.18. The molecule has 2 rings (SSSR count). The lowest BCUT2D eigenvalue weighted by Gasteiger charge is -2.27. The lowest BCUT2D eigenvalue weighted by Crippen LogP contribution is -2.38. The van der Waals surface area contributed by atoms with Crippen LogP contribution >= 0.6 is 0 Å². The van der Waals surface area contributed by atoms with E-state index < -0.39 is 0 Å². The smallest absolute Gasteiger partial charge is 0.00696 e. The standard InChI is InChI=1S/C22H43N/c1-2-5-9-13-17-21(18-14-10-6-3-1)23-22-19-15-11-7-4-8-12-16-20-22/h21-23H,1-20H2. The molecule has 0 spiro atoms. The number of rotatable bonds is 2. The minimum atomic E-state index is 0.822. The molecule has 2 saturated carbocycles. The molecule has 23 heavy (non-hydrogen) atoms. The van der Waals surface area contributed by atoms with Gasteiger partial charge in [0.25, 0.3) is 0 Å². The molecular weight excluding hydrogens is 278 g/mol. The fourth-order valence-electron chi connectivity index (χ4n) is 4.64. The molecule has 1 nitrogen and oxygen atoms in total. The van der Waals surface area contributed by atoms with E-state index >= 15 is 0 Å². The van der Waals surface area contributed by atoms with Crippen molar-refractivity contribution >= 4 is 0 Å². The van der Waals surface area contributed by atoms with Gasteiger partial charge in [0.05, 0.1) is 0 Å². The summed E-state index contributed by atoms with van der Waals surface area (Å²) in [5, 5.41) is 4.13. The third-order valence-electron chi connectivity index (χ3n) is 6.18. The summed E-state index contributed by atoms with van der Waals surface area (Å²) in [7, 11) is 0. The Morgan fingerprint density at radius 3 is 0.783 bits per heavy atom. The number of hydrogen-bond donors (Lipinski definition) is 1. The van der Waals surface area contributed by atoms with Crippen LogP contribution in [0.15, 0.2) is 0 Å². The first-order valence-corrected chi connectivity index (χ1v) is 11.2. The van der Waals surface area contributed by atoms with Gasteiger partial charge in [0.1, 0.15) is 0 Å². The Labute approximate surface area is 146 Å². The van der Waals surface area contributed by atoms with E-state index in [4.69, 9.17) is 0 Å². The highest BCUT2D eigenvalue weighted by Gasteiger charge is 2.16. The van der Waals surface area contributed by atoms with Gasteiger partial charge in [-0.25, -0.2) is 0 Å². The van der Waals surface area contributed by atoms with E-state index in [1.807, 2.05) is 0 Å². The molecule has 136 valence electrons. The van der Waals surface area contributed by atoms with Gasteiger partial charge in [-0.3, -0.25) is 0 Å². The van der Waals surface area contributed by atoms with Crippen molar-refractivity contribution in [3.05, 3.63) is 0 Å². The van der Waals surface area contributed by atoms with Crippen LogP contribution in [0, 0.1) is 0 Å². The van der Waals surface area contributed by atoms with Crippen molar-refractivity contribution in [1.82, 2.24) is 5.32 Å². The van der Waals surface area contributed by atoms with Crippen LogP contribution in [0.4, 0.5) is 0 Å². The minimum Gasteiger partial charge on any atom is -0.311 e. The molecule has 0 heterocycles. The van der Waals surface area contributed by atoms with Gasteiger partial charge >= 0.3 is 0 Å². The van der Waals surface area contributed by atoms with Crippen LogP contribution < -0.4 is 5.32 Å². The highest BCUT2D eigenvalue weighted by Crippen LogP contribution is 2.21. The first-order chi connectivity index (χ1) is 11.4. The topological polar surface area (TPSA) is 12.0 Å². The Morgan fingerprint density at radius 1 is 0.304 bits per heavy atom. The zero-order chi connectivity index (χ0) is 16.0. The van der Waals surface area contributed by atoms with Crippen LogP contribution in [0.3, 0.4) is 0 Å². The maximum atomic E-state index is 4.13. The zero-order valence-corrected chi connectivity index (χ0v) is 15.8. The van der Waals surface area contributed by atoms with E-state index in [1.165, 1.54) is 128 Å². The van der Waals surface area contributed by atoms with Gasteiger partial charge in [-0.1, -0.05) is 103 Å². The van der Waals surface area contributed by atoms with Gasteiger partial charge in [0, 0.05) is 12.1 Å². The quantitative estimate of drug-likeness (QED) is 0.569. The average Bonchev–Trinajstić information content (AvgIpc) is 2.56. The molecule has 0 saturated heterocycles. The Morgan fingerprint density at radius 2 is 0.522 bits per heavy atom. The predicted octanol–water partition coefficient (Wildman–Crippen LogP) is 7.14. The lowest BCUT2D eigenvalue weighted by atomic mass is 9.94. The fourth-order valence-corrected chi connectivity index (χ4v) is 4.64. The lowest BCUT2D eigenvalue weighted by molar-refractivity contribution is 0.323. The summed E-state index contributed by atoms with van der Waals surface area (Å²) in [5.41, 5.74) is 0. The molecule has 0 aromatic carbocycles. The molecule has 1 N–H and O–H groups in total. The fraction of sp³-hybridized carbons (Fsp3) is 1.00.